The van der Waals surface area contributed by atoms with Crippen LogP contribution in [0.15, 0.2) is 29.7 Å². The number of halogens is 2. The Hall–Kier alpha value is -1.32. The summed E-state index contributed by atoms with van der Waals surface area (Å²) in [6.45, 7) is 0. The molecule has 4 nitrogen and oxygen atoms in total. The van der Waals surface area contributed by atoms with E-state index >= 15 is 0 Å². The molecule has 0 aromatic carbocycles. The molecule has 0 bridgehead atoms. The Balaban J connectivity index is 2.40. The van der Waals surface area contributed by atoms with Crippen LogP contribution in [0.4, 0.5) is 0 Å². The Bertz CT molecular complexity index is 742. The van der Waals surface area contributed by atoms with E-state index < -0.39 is 0 Å². The predicted octanol–water partition coefficient (Wildman–Crippen LogP) is 4.28. The monoisotopic (exact) mass is 424 g/mol. The van der Waals surface area contributed by atoms with E-state index in [1.807, 2.05) is 24.5 Å². The largest absolute Gasteiger partial charge is 0.206 e. The van der Waals surface area contributed by atoms with Crippen molar-refractivity contribution in [3.63, 3.8) is 0 Å². The van der Waals surface area contributed by atoms with Gasteiger partial charge < -0.3 is 0 Å². The van der Waals surface area contributed by atoms with Crippen molar-refractivity contribution in [3.8, 4) is 12.4 Å². The molecule has 0 saturated carbocycles. The molecule has 3 rings (SSSR count). The lowest BCUT2D eigenvalue weighted by Crippen LogP contribution is -2.17. The van der Waals surface area contributed by atoms with Crippen LogP contribution in [0.3, 0.4) is 0 Å². The van der Waals surface area contributed by atoms with Gasteiger partial charge in [0.1, 0.15) is 5.71 Å². The second-order valence-corrected chi connectivity index (χ2v) is 8.57. The van der Waals surface area contributed by atoms with E-state index in [2.05, 4.69) is 41.8 Å². The highest BCUT2D eigenvalue weighted by Crippen LogP contribution is 2.40. The van der Waals surface area contributed by atoms with E-state index in [0.29, 0.717) is 11.4 Å². The molecule has 0 aliphatic heterocycles. The third kappa shape index (κ3) is 2.05. The summed E-state index contributed by atoms with van der Waals surface area (Å²) in [5, 5.41) is 17.8. The third-order valence-corrected chi connectivity index (χ3v) is 5.96. The summed E-state index contributed by atoms with van der Waals surface area (Å²) in [7, 11) is 0. The van der Waals surface area contributed by atoms with Crippen molar-refractivity contribution in [2.75, 3.05) is 0 Å². The van der Waals surface area contributed by atoms with Crippen LogP contribution in [-0.4, -0.2) is 11.4 Å². The Labute approximate surface area is 139 Å². The minimum absolute atomic E-state index is 0.623. The second kappa shape index (κ2) is 5.23. The molecule has 0 atom stereocenters. The van der Waals surface area contributed by atoms with Gasteiger partial charge in [0.15, 0.2) is 0 Å². The molecule has 0 saturated heterocycles. The van der Waals surface area contributed by atoms with Gasteiger partial charge >= 0.3 is 0 Å². The van der Waals surface area contributed by atoms with E-state index in [4.69, 9.17) is 10.5 Å². The van der Waals surface area contributed by atoms with E-state index in [0.717, 1.165) is 28.5 Å². The Kier molecular flexibility index (Phi) is 3.57. The fourth-order valence-corrected chi connectivity index (χ4v) is 5.25. The van der Waals surface area contributed by atoms with Crippen LogP contribution in [0.25, 0.3) is 0 Å². The van der Waals surface area contributed by atoms with Crippen molar-refractivity contribution in [2.24, 2.45) is 9.98 Å². The number of aliphatic imine (C=N–C) groups is 2. The van der Waals surface area contributed by atoms with Gasteiger partial charge in [0, 0.05) is 11.1 Å². The zero-order valence-corrected chi connectivity index (χ0v) is 14.3. The van der Waals surface area contributed by atoms with Gasteiger partial charge in [-0.2, -0.15) is 20.5 Å². The molecule has 0 N–H and O–H groups in total. The molecule has 1 aliphatic carbocycles. The van der Waals surface area contributed by atoms with Crippen LogP contribution in [0.5, 0.6) is 0 Å². The number of hydrogen-bond donors (Lipinski definition) is 0. The first-order chi connectivity index (χ1) is 9.65. The van der Waals surface area contributed by atoms with Crippen molar-refractivity contribution in [3.05, 3.63) is 40.6 Å². The topological polar surface area (TPSA) is 72.3 Å². The lowest BCUT2D eigenvalue weighted by atomic mass is 9.94. The van der Waals surface area contributed by atoms with Gasteiger partial charge in [-0.1, -0.05) is 0 Å². The van der Waals surface area contributed by atoms with Gasteiger partial charge in [-0.15, -0.1) is 22.7 Å². The first kappa shape index (κ1) is 13.7. The molecular weight excluding hydrogens is 424 g/mol. The maximum absolute atomic E-state index is 8.92. The number of rotatable bonds is 0. The Morgan fingerprint density at radius 2 is 1.30 bits per heavy atom. The minimum Gasteiger partial charge on any atom is -0.172 e. The highest BCUT2D eigenvalue weighted by atomic mass is 79.9. The van der Waals surface area contributed by atoms with Crippen LogP contribution in [-0.2, 0) is 0 Å². The van der Waals surface area contributed by atoms with E-state index in [1.165, 1.54) is 22.7 Å². The summed E-state index contributed by atoms with van der Waals surface area (Å²) in [4.78, 5) is 9.61. The molecule has 96 valence electrons. The number of fused-ring (bicyclic) bond motifs is 2. The van der Waals surface area contributed by atoms with Crippen LogP contribution < -0.4 is 0 Å². The number of nitrogens with zero attached hydrogens (tertiary/aromatic N) is 4. The average Bonchev–Trinajstić information content (AvgIpc) is 2.96. The second-order valence-electron chi connectivity index (χ2n) is 3.71. The van der Waals surface area contributed by atoms with Crippen LogP contribution >= 0.6 is 54.5 Å². The molecule has 0 unspecified atom stereocenters. The minimum atomic E-state index is 0.623. The first-order valence-corrected chi connectivity index (χ1v) is 8.41. The molecule has 0 spiro atoms. The Morgan fingerprint density at radius 3 is 1.75 bits per heavy atom. The standard InChI is InChI=1S/C12H2Br2N4S2/c13-7-1-5-9(17-3-15)6-2-8(14)20-12(6)10(18-4-16)11(5)19-7/h1-2H. The molecule has 0 fully saturated rings. The highest BCUT2D eigenvalue weighted by Gasteiger charge is 2.31. The van der Waals surface area contributed by atoms with Crippen molar-refractivity contribution < 1.29 is 0 Å². The molecule has 0 radical (unpaired) electrons. The fraction of sp³-hybridized carbons (Fsp3) is 0. The smallest absolute Gasteiger partial charge is 0.172 e. The maximum Gasteiger partial charge on any atom is 0.206 e. The molecule has 0 amide bonds. The summed E-state index contributed by atoms with van der Waals surface area (Å²) in [5.74, 6) is 0. The predicted molar refractivity (Wildman–Crippen MR) is 86.5 cm³/mol. The molecule has 2 aromatic heterocycles. The van der Waals surface area contributed by atoms with Gasteiger partial charge in [-0.25, -0.2) is 0 Å². The lowest BCUT2D eigenvalue weighted by molar-refractivity contribution is 1.41. The van der Waals surface area contributed by atoms with Gasteiger partial charge in [0.25, 0.3) is 0 Å². The number of thiophene rings is 2. The normalized spacial score (nSPS) is 12.2. The zero-order valence-electron chi connectivity index (χ0n) is 9.52. The SMILES string of the molecule is N#CN=C1c2cc(Br)sc2C(=NC#N)c2sc(Br)cc21. The summed E-state index contributed by atoms with van der Waals surface area (Å²) in [6.07, 6.45) is 3.70. The fourth-order valence-electron chi connectivity index (χ4n) is 2.00. The Morgan fingerprint density at radius 1 is 0.850 bits per heavy atom. The summed E-state index contributed by atoms with van der Waals surface area (Å²) in [6, 6.07) is 3.80. The van der Waals surface area contributed by atoms with Gasteiger partial charge in [0.2, 0.25) is 12.4 Å². The highest BCUT2D eigenvalue weighted by molar-refractivity contribution is 9.11. The summed E-state index contributed by atoms with van der Waals surface area (Å²) in [5.41, 5.74) is 2.92. The maximum atomic E-state index is 8.92. The lowest BCUT2D eigenvalue weighted by Gasteiger charge is -2.14. The van der Waals surface area contributed by atoms with Crippen molar-refractivity contribution in [1.29, 1.82) is 10.5 Å². The van der Waals surface area contributed by atoms with Crippen LogP contribution in [0.1, 0.15) is 20.9 Å². The van der Waals surface area contributed by atoms with Crippen molar-refractivity contribution in [1.82, 2.24) is 0 Å². The van der Waals surface area contributed by atoms with Gasteiger partial charge in [-0.05, 0) is 44.0 Å². The first-order valence-electron chi connectivity index (χ1n) is 5.19. The van der Waals surface area contributed by atoms with E-state index in [9.17, 15) is 0 Å². The number of hydrogen-bond acceptors (Lipinski definition) is 6. The van der Waals surface area contributed by atoms with Gasteiger partial charge in [-0.3, -0.25) is 0 Å². The van der Waals surface area contributed by atoms with Crippen molar-refractivity contribution >= 4 is 66.0 Å². The average molecular weight is 426 g/mol. The number of nitriles is 2. The van der Waals surface area contributed by atoms with E-state index in [-0.39, 0.29) is 0 Å². The summed E-state index contributed by atoms with van der Waals surface area (Å²) < 4.78 is 1.82. The molecule has 20 heavy (non-hydrogen) atoms. The summed E-state index contributed by atoms with van der Waals surface area (Å²) >= 11 is 9.82. The molecule has 8 heteroatoms. The molecule has 2 heterocycles. The third-order valence-electron chi connectivity index (χ3n) is 2.67. The molecule has 1 aliphatic rings. The van der Waals surface area contributed by atoms with Crippen molar-refractivity contribution in [2.45, 2.75) is 0 Å². The van der Waals surface area contributed by atoms with E-state index in [1.54, 1.807) is 0 Å². The molecular formula is C12H2Br2N4S2. The zero-order chi connectivity index (χ0) is 14.3. The molecule has 2 aromatic rings. The van der Waals surface area contributed by atoms with Crippen LogP contribution in [0, 0.1) is 22.9 Å². The van der Waals surface area contributed by atoms with Gasteiger partial charge in [0.05, 0.1) is 23.0 Å². The van der Waals surface area contributed by atoms with Crippen LogP contribution in [0.2, 0.25) is 0 Å². The quantitative estimate of drug-likeness (QED) is 0.504.